The lowest BCUT2D eigenvalue weighted by Gasteiger charge is -2.30. The third-order valence-electron chi connectivity index (χ3n) is 4.17. The van der Waals surface area contributed by atoms with Gasteiger partial charge in [-0.2, -0.15) is 5.26 Å². The zero-order chi connectivity index (χ0) is 18.9. The maximum absolute atomic E-state index is 12.1. The van der Waals surface area contributed by atoms with Crippen molar-refractivity contribution in [2.45, 2.75) is 12.8 Å². The zero-order valence-corrected chi connectivity index (χ0v) is 14.5. The first kappa shape index (κ1) is 19.2. The Morgan fingerprint density at radius 2 is 1.88 bits per heavy atom. The van der Waals surface area contributed by atoms with Gasteiger partial charge in [0.2, 0.25) is 0 Å². The maximum atomic E-state index is 12.1. The molecule has 1 saturated heterocycles. The average Bonchev–Trinajstić information content (AvgIpc) is 2.70. The normalized spacial score (nSPS) is 14.7. The maximum Gasteiger partial charge on any atom is 0.331 e. The summed E-state index contributed by atoms with van der Waals surface area (Å²) in [6.07, 6.45) is 3.88. The van der Waals surface area contributed by atoms with E-state index in [4.69, 9.17) is 14.7 Å². The Kier molecular flexibility index (Phi) is 6.92. The second-order valence-corrected chi connectivity index (χ2v) is 5.85. The van der Waals surface area contributed by atoms with Crippen LogP contribution in [0.2, 0.25) is 0 Å². The lowest BCUT2D eigenvalue weighted by molar-refractivity contribution is -0.151. The fourth-order valence-corrected chi connectivity index (χ4v) is 2.64. The van der Waals surface area contributed by atoms with Crippen LogP contribution in [0.5, 0.6) is 0 Å². The van der Waals surface area contributed by atoms with Crippen LogP contribution in [0, 0.1) is 17.2 Å². The molecule has 1 aromatic rings. The van der Waals surface area contributed by atoms with E-state index in [0.29, 0.717) is 31.5 Å². The van der Waals surface area contributed by atoms with Gasteiger partial charge in [0, 0.05) is 19.2 Å². The first-order valence-corrected chi connectivity index (χ1v) is 8.24. The Bertz CT molecular complexity index is 725. The number of nitriles is 1. The molecule has 26 heavy (non-hydrogen) atoms. The summed E-state index contributed by atoms with van der Waals surface area (Å²) in [7, 11) is 1.35. The van der Waals surface area contributed by atoms with Gasteiger partial charge in [-0.1, -0.05) is 12.1 Å². The molecular formula is C19H20N2O5. The highest BCUT2D eigenvalue weighted by atomic mass is 16.5. The SMILES string of the molecule is COC(=O)C1CCN(C(=O)COC(=O)/C=C/c2ccc(C#N)cc2)CC1. The second-order valence-electron chi connectivity index (χ2n) is 5.85. The lowest BCUT2D eigenvalue weighted by atomic mass is 9.97. The molecule has 1 amide bonds. The van der Waals surface area contributed by atoms with Crippen molar-refractivity contribution < 1.29 is 23.9 Å². The van der Waals surface area contributed by atoms with Crippen LogP contribution >= 0.6 is 0 Å². The molecule has 136 valence electrons. The molecule has 0 N–H and O–H groups in total. The highest BCUT2D eigenvalue weighted by Crippen LogP contribution is 2.18. The molecule has 0 radical (unpaired) electrons. The van der Waals surface area contributed by atoms with Crippen LogP contribution in [-0.2, 0) is 23.9 Å². The van der Waals surface area contributed by atoms with Gasteiger partial charge in [0.1, 0.15) is 0 Å². The van der Waals surface area contributed by atoms with Crippen molar-refractivity contribution in [1.82, 2.24) is 4.90 Å². The van der Waals surface area contributed by atoms with Gasteiger partial charge >= 0.3 is 11.9 Å². The number of esters is 2. The smallest absolute Gasteiger partial charge is 0.331 e. The van der Waals surface area contributed by atoms with Crippen molar-refractivity contribution in [2.75, 3.05) is 26.8 Å². The fourth-order valence-electron chi connectivity index (χ4n) is 2.64. The van der Waals surface area contributed by atoms with Gasteiger partial charge in [0.15, 0.2) is 6.61 Å². The number of methoxy groups -OCH3 is 1. The Morgan fingerprint density at radius 1 is 1.23 bits per heavy atom. The van der Waals surface area contributed by atoms with Crippen molar-refractivity contribution in [1.29, 1.82) is 5.26 Å². The number of ether oxygens (including phenoxy) is 2. The molecule has 7 nitrogen and oxygen atoms in total. The molecule has 1 fully saturated rings. The van der Waals surface area contributed by atoms with Gasteiger partial charge < -0.3 is 14.4 Å². The van der Waals surface area contributed by atoms with Gasteiger partial charge in [-0.15, -0.1) is 0 Å². The molecule has 0 atom stereocenters. The molecule has 0 bridgehead atoms. The molecule has 1 heterocycles. The molecule has 1 aliphatic rings. The number of hydrogen-bond donors (Lipinski definition) is 0. The van der Waals surface area contributed by atoms with Gasteiger partial charge in [0.05, 0.1) is 24.7 Å². The summed E-state index contributed by atoms with van der Waals surface area (Å²) < 4.78 is 9.66. The quantitative estimate of drug-likeness (QED) is 0.586. The largest absolute Gasteiger partial charge is 0.469 e. The zero-order valence-electron chi connectivity index (χ0n) is 14.5. The summed E-state index contributed by atoms with van der Waals surface area (Å²) in [5.74, 6) is -1.33. The molecule has 0 spiro atoms. The van der Waals surface area contributed by atoms with Gasteiger partial charge in [-0.05, 0) is 36.6 Å². The molecule has 0 aromatic heterocycles. The highest BCUT2D eigenvalue weighted by Gasteiger charge is 2.28. The van der Waals surface area contributed by atoms with E-state index >= 15 is 0 Å². The fraction of sp³-hybridized carbons (Fsp3) is 0.368. The van der Waals surface area contributed by atoms with Crippen molar-refractivity contribution in [2.24, 2.45) is 5.92 Å². The first-order valence-electron chi connectivity index (χ1n) is 8.24. The van der Waals surface area contributed by atoms with Crippen LogP contribution in [0.4, 0.5) is 0 Å². The number of amides is 1. The minimum absolute atomic E-state index is 0.179. The number of carbonyl (C=O) groups excluding carboxylic acids is 3. The van der Waals surface area contributed by atoms with E-state index in [1.54, 1.807) is 35.2 Å². The summed E-state index contributed by atoms with van der Waals surface area (Å²) in [6, 6.07) is 8.72. The highest BCUT2D eigenvalue weighted by molar-refractivity contribution is 5.89. The van der Waals surface area contributed by atoms with Gasteiger partial charge in [-0.25, -0.2) is 4.79 Å². The minimum atomic E-state index is -0.618. The summed E-state index contributed by atoms with van der Waals surface area (Å²) in [5.41, 5.74) is 1.28. The predicted molar refractivity (Wildman–Crippen MR) is 92.5 cm³/mol. The van der Waals surface area contributed by atoms with E-state index in [1.165, 1.54) is 13.2 Å². The molecule has 0 unspecified atom stereocenters. The van der Waals surface area contributed by atoms with Crippen LogP contribution in [0.1, 0.15) is 24.0 Å². The van der Waals surface area contributed by atoms with Crippen LogP contribution in [0.15, 0.2) is 30.3 Å². The van der Waals surface area contributed by atoms with E-state index in [9.17, 15) is 14.4 Å². The van der Waals surface area contributed by atoms with Crippen molar-refractivity contribution in [3.05, 3.63) is 41.5 Å². The summed E-state index contributed by atoms with van der Waals surface area (Å²) in [5, 5.41) is 8.73. The summed E-state index contributed by atoms with van der Waals surface area (Å²) in [4.78, 5) is 36.8. The Balaban J connectivity index is 1.75. The molecule has 1 aromatic carbocycles. The van der Waals surface area contributed by atoms with Crippen LogP contribution < -0.4 is 0 Å². The number of piperidine rings is 1. The predicted octanol–water partition coefficient (Wildman–Crippen LogP) is 1.53. The Labute approximate surface area is 151 Å². The Morgan fingerprint density at radius 3 is 2.46 bits per heavy atom. The van der Waals surface area contributed by atoms with Crippen molar-refractivity contribution in [3.63, 3.8) is 0 Å². The van der Waals surface area contributed by atoms with Crippen LogP contribution in [0.3, 0.4) is 0 Å². The second kappa shape index (κ2) is 9.37. The number of nitrogens with zero attached hydrogens (tertiary/aromatic N) is 2. The standard InChI is InChI=1S/C19H20N2O5/c1-25-19(24)16-8-10-21(11-9-16)17(22)13-26-18(23)7-6-14-2-4-15(12-20)5-3-14/h2-7,16H,8-11,13H2,1H3/b7-6+. The van der Waals surface area contributed by atoms with Crippen LogP contribution in [0.25, 0.3) is 6.08 Å². The van der Waals surface area contributed by atoms with Crippen molar-refractivity contribution >= 4 is 23.9 Å². The van der Waals surface area contributed by atoms with Gasteiger partial charge in [0.25, 0.3) is 5.91 Å². The monoisotopic (exact) mass is 356 g/mol. The topological polar surface area (TPSA) is 96.7 Å². The molecule has 2 rings (SSSR count). The lowest BCUT2D eigenvalue weighted by Crippen LogP contribution is -2.42. The number of carbonyl (C=O) groups is 3. The van der Waals surface area contributed by atoms with E-state index in [2.05, 4.69) is 0 Å². The Hall–Kier alpha value is -3.14. The van der Waals surface area contributed by atoms with E-state index in [0.717, 1.165) is 5.56 Å². The summed E-state index contributed by atoms with van der Waals surface area (Å²) in [6.45, 7) is 0.550. The van der Waals surface area contributed by atoms with E-state index in [-0.39, 0.29) is 24.4 Å². The number of likely N-dealkylation sites (tertiary alicyclic amines) is 1. The van der Waals surface area contributed by atoms with E-state index < -0.39 is 5.97 Å². The van der Waals surface area contributed by atoms with Gasteiger partial charge in [-0.3, -0.25) is 9.59 Å². The number of benzene rings is 1. The minimum Gasteiger partial charge on any atom is -0.469 e. The molecule has 0 saturated carbocycles. The third-order valence-corrected chi connectivity index (χ3v) is 4.17. The first-order chi connectivity index (χ1) is 12.5. The van der Waals surface area contributed by atoms with Crippen LogP contribution in [-0.4, -0.2) is 49.6 Å². The number of rotatable bonds is 5. The average molecular weight is 356 g/mol. The van der Waals surface area contributed by atoms with E-state index in [1.807, 2.05) is 6.07 Å². The number of hydrogen-bond acceptors (Lipinski definition) is 6. The molecule has 0 aliphatic carbocycles. The molecule has 7 heteroatoms. The molecule has 1 aliphatic heterocycles. The summed E-state index contributed by atoms with van der Waals surface area (Å²) >= 11 is 0. The third kappa shape index (κ3) is 5.45. The molecular weight excluding hydrogens is 336 g/mol. The van der Waals surface area contributed by atoms with Crippen molar-refractivity contribution in [3.8, 4) is 6.07 Å².